The number of carbonyl (C=O) groups is 2. The molecule has 0 saturated carbocycles. The van der Waals surface area contributed by atoms with Crippen molar-refractivity contribution in [2.45, 2.75) is 0 Å². The van der Waals surface area contributed by atoms with Crippen LogP contribution in [0.15, 0.2) is 18.2 Å². The normalized spacial score (nSPS) is 9.13. The first-order valence-electron chi connectivity index (χ1n) is 3.69. The van der Waals surface area contributed by atoms with E-state index >= 15 is 0 Å². The summed E-state index contributed by atoms with van der Waals surface area (Å²) < 4.78 is 0. The van der Waals surface area contributed by atoms with Gasteiger partial charge in [-0.2, -0.15) is 0 Å². The largest absolute Gasteiger partial charge is 1.00 e. The summed E-state index contributed by atoms with van der Waals surface area (Å²) in [4.78, 5) is 21.5. The van der Waals surface area contributed by atoms with E-state index in [2.05, 4.69) is 0 Å². The number of carbonyl (C=O) groups excluding carboxylic acids is 2. The van der Waals surface area contributed by atoms with Crippen LogP contribution in [-0.2, 0) is 0 Å². The number of aromatic carboxylic acids is 1. The summed E-state index contributed by atoms with van der Waals surface area (Å²) >= 11 is 5.28. The van der Waals surface area contributed by atoms with E-state index in [-0.39, 0.29) is 41.0 Å². The number of carboxylic acids is 1. The molecule has 0 aliphatic rings. The van der Waals surface area contributed by atoms with Crippen LogP contribution in [0, 0.1) is 0 Å². The van der Waals surface area contributed by atoms with Crippen LogP contribution in [0.4, 0.5) is 0 Å². The molecule has 1 aromatic rings. The summed E-state index contributed by atoms with van der Waals surface area (Å²) in [5.41, 5.74) is -0.280. The van der Waals surface area contributed by atoms with Crippen molar-refractivity contribution >= 4 is 23.4 Å². The Morgan fingerprint density at radius 3 is 2.47 bits per heavy atom. The predicted molar refractivity (Wildman–Crippen MR) is 47.5 cm³/mol. The van der Waals surface area contributed by atoms with Crippen LogP contribution in [0.5, 0.6) is 5.75 Å². The van der Waals surface area contributed by atoms with Crippen LogP contribution < -0.4 is 34.7 Å². The zero-order valence-electron chi connectivity index (χ0n) is 7.99. The number of hydrogen-bond donors (Lipinski definition) is 1. The van der Waals surface area contributed by atoms with E-state index in [0.29, 0.717) is 0 Å². The number of hydrogen-bond acceptors (Lipinski definition) is 4. The molecule has 0 aliphatic carbocycles. The molecule has 1 rings (SSSR count). The SMILES string of the molecule is O=C(CCl)c1ccc(O)c(C(=O)[O-])c1.[Na+]. The summed E-state index contributed by atoms with van der Waals surface area (Å²) in [5.74, 6) is -2.62. The second-order valence-corrected chi connectivity index (χ2v) is 2.84. The van der Waals surface area contributed by atoms with Crippen molar-refractivity contribution in [3.63, 3.8) is 0 Å². The van der Waals surface area contributed by atoms with Gasteiger partial charge in [-0.3, -0.25) is 4.79 Å². The van der Waals surface area contributed by atoms with E-state index in [4.69, 9.17) is 16.7 Å². The molecule has 0 aromatic heterocycles. The average Bonchev–Trinajstić information content (AvgIpc) is 2.17. The van der Waals surface area contributed by atoms with Gasteiger partial charge in [0.15, 0.2) is 5.78 Å². The van der Waals surface area contributed by atoms with Crippen LogP contribution in [0.3, 0.4) is 0 Å². The number of Topliss-reactive ketones (excluding diaryl/α,β-unsaturated/α-hetero) is 1. The average molecular weight is 237 g/mol. The van der Waals surface area contributed by atoms with E-state index in [0.717, 1.165) is 12.1 Å². The number of ketones is 1. The molecule has 0 fully saturated rings. The molecule has 0 saturated heterocycles. The van der Waals surface area contributed by atoms with Gasteiger partial charge in [0.2, 0.25) is 0 Å². The summed E-state index contributed by atoms with van der Waals surface area (Å²) in [6.45, 7) is 0. The van der Waals surface area contributed by atoms with E-state index < -0.39 is 23.1 Å². The number of benzene rings is 1. The minimum Gasteiger partial charge on any atom is -0.545 e. The number of phenols is 1. The first-order valence-corrected chi connectivity index (χ1v) is 4.23. The minimum absolute atomic E-state index is 0. The van der Waals surface area contributed by atoms with Crippen LogP contribution in [0.2, 0.25) is 0 Å². The van der Waals surface area contributed by atoms with Crippen molar-refractivity contribution in [3.05, 3.63) is 29.3 Å². The molecule has 1 aromatic carbocycles. The number of halogens is 1. The molecule has 1 N–H and O–H groups in total. The third kappa shape index (κ3) is 3.50. The standard InChI is InChI=1S/C9H7ClO4.Na/c10-4-8(12)5-1-2-7(11)6(3-5)9(13)14;/h1-3,11H,4H2,(H,13,14);/q;+1/p-1. The first kappa shape index (κ1) is 14.5. The van der Waals surface area contributed by atoms with Gasteiger partial charge in [-0.25, -0.2) is 0 Å². The molecule has 0 unspecified atom stereocenters. The third-order valence-corrected chi connectivity index (χ3v) is 1.90. The molecule has 74 valence electrons. The Morgan fingerprint density at radius 2 is 2.00 bits per heavy atom. The number of alkyl halides is 1. The van der Waals surface area contributed by atoms with E-state index in [9.17, 15) is 14.7 Å². The monoisotopic (exact) mass is 236 g/mol. The molecule has 15 heavy (non-hydrogen) atoms. The molecule has 0 bridgehead atoms. The Morgan fingerprint density at radius 1 is 1.40 bits per heavy atom. The first-order chi connectivity index (χ1) is 6.56. The third-order valence-electron chi connectivity index (χ3n) is 1.66. The van der Waals surface area contributed by atoms with Gasteiger partial charge < -0.3 is 15.0 Å². The second kappa shape index (κ2) is 6.12. The fraction of sp³-hybridized carbons (Fsp3) is 0.111. The number of aromatic hydroxyl groups is 1. The smallest absolute Gasteiger partial charge is 0.545 e. The Balaban J connectivity index is 0.00000196. The molecule has 6 heteroatoms. The van der Waals surface area contributed by atoms with E-state index in [1.807, 2.05) is 0 Å². The minimum atomic E-state index is -1.54. The van der Waals surface area contributed by atoms with Crippen molar-refractivity contribution in [1.82, 2.24) is 0 Å². The Kier molecular flexibility index (Phi) is 5.90. The fourth-order valence-corrected chi connectivity index (χ4v) is 1.10. The molecule has 0 spiro atoms. The maximum atomic E-state index is 11.1. The molecule has 0 amide bonds. The maximum absolute atomic E-state index is 11.1. The van der Waals surface area contributed by atoms with Crippen LogP contribution in [0.1, 0.15) is 20.7 Å². The van der Waals surface area contributed by atoms with Gasteiger partial charge in [0.05, 0.1) is 11.8 Å². The summed E-state index contributed by atoms with van der Waals surface area (Å²) in [7, 11) is 0. The molecule has 0 radical (unpaired) electrons. The van der Waals surface area contributed by atoms with Crippen LogP contribution >= 0.6 is 11.6 Å². The molecule has 0 aliphatic heterocycles. The summed E-state index contributed by atoms with van der Waals surface area (Å²) in [5, 5.41) is 19.6. The van der Waals surface area contributed by atoms with Crippen molar-refractivity contribution < 1.29 is 49.4 Å². The Hall–Kier alpha value is -0.550. The van der Waals surface area contributed by atoms with Gasteiger partial charge in [-0.1, -0.05) is 0 Å². The molecular formula is C9H6ClNaO4. The zero-order chi connectivity index (χ0) is 10.7. The van der Waals surface area contributed by atoms with Gasteiger partial charge >= 0.3 is 29.6 Å². The molecular weight excluding hydrogens is 231 g/mol. The molecule has 0 atom stereocenters. The number of rotatable bonds is 3. The zero-order valence-corrected chi connectivity index (χ0v) is 10.7. The maximum Gasteiger partial charge on any atom is 1.00 e. The van der Waals surface area contributed by atoms with Gasteiger partial charge in [0, 0.05) is 11.1 Å². The van der Waals surface area contributed by atoms with Crippen molar-refractivity contribution in [2.24, 2.45) is 0 Å². The van der Waals surface area contributed by atoms with E-state index in [1.54, 1.807) is 0 Å². The topological polar surface area (TPSA) is 77.4 Å². The quantitative estimate of drug-likeness (QED) is 0.349. The molecule has 0 heterocycles. The van der Waals surface area contributed by atoms with Crippen LogP contribution in [0.25, 0.3) is 0 Å². The van der Waals surface area contributed by atoms with Gasteiger partial charge in [0.25, 0.3) is 0 Å². The van der Waals surface area contributed by atoms with Crippen LogP contribution in [-0.4, -0.2) is 22.7 Å². The van der Waals surface area contributed by atoms with Crippen molar-refractivity contribution in [3.8, 4) is 5.75 Å². The predicted octanol–water partition coefficient (Wildman–Crippen LogP) is -2.82. The Labute approximate surface area is 113 Å². The van der Waals surface area contributed by atoms with Crippen molar-refractivity contribution in [2.75, 3.05) is 5.88 Å². The van der Waals surface area contributed by atoms with Gasteiger partial charge in [0.1, 0.15) is 5.75 Å². The van der Waals surface area contributed by atoms with Gasteiger partial charge in [-0.05, 0) is 18.2 Å². The Bertz CT molecular complexity index is 392. The summed E-state index contributed by atoms with van der Waals surface area (Å²) in [6, 6.07) is 3.45. The molecule has 4 nitrogen and oxygen atoms in total. The van der Waals surface area contributed by atoms with Crippen molar-refractivity contribution in [1.29, 1.82) is 0 Å². The fourth-order valence-electron chi connectivity index (χ4n) is 0.950. The second-order valence-electron chi connectivity index (χ2n) is 2.58. The van der Waals surface area contributed by atoms with E-state index in [1.165, 1.54) is 6.07 Å². The van der Waals surface area contributed by atoms with Gasteiger partial charge in [-0.15, -0.1) is 11.6 Å². The number of carboxylic acid groups (broad SMARTS) is 1. The summed E-state index contributed by atoms with van der Waals surface area (Å²) in [6.07, 6.45) is 0.